The highest BCUT2D eigenvalue weighted by molar-refractivity contribution is 5.74. The highest BCUT2D eigenvalue weighted by atomic mass is 16.6. The topological polar surface area (TPSA) is 50.6 Å². The second-order valence-electron chi connectivity index (χ2n) is 8.11. The normalized spacial score (nSPS) is 17.9. The van der Waals surface area contributed by atoms with Crippen molar-refractivity contribution < 1.29 is 9.53 Å². The van der Waals surface area contributed by atoms with Crippen LogP contribution in [0, 0.1) is 0 Å². The fourth-order valence-corrected chi connectivity index (χ4v) is 4.37. The maximum absolute atomic E-state index is 12.8. The quantitative estimate of drug-likeness (QED) is 0.623. The van der Waals surface area contributed by atoms with Gasteiger partial charge in [0.05, 0.1) is 18.4 Å². The number of hydrogen-bond donors (Lipinski definition) is 0. The van der Waals surface area contributed by atoms with Crippen LogP contribution in [0.2, 0.25) is 0 Å². The minimum atomic E-state index is -0.301. The van der Waals surface area contributed by atoms with Crippen LogP contribution >= 0.6 is 0 Å². The first kappa shape index (κ1) is 19.4. The summed E-state index contributed by atoms with van der Waals surface area (Å²) in [5, 5.41) is 4.56. The molecule has 0 N–H and O–H groups in total. The summed E-state index contributed by atoms with van der Waals surface area (Å²) in [4.78, 5) is 16.9. The summed E-state index contributed by atoms with van der Waals surface area (Å²) >= 11 is 0. The van der Waals surface area contributed by atoms with Gasteiger partial charge in [-0.15, -0.1) is 0 Å². The van der Waals surface area contributed by atoms with Crippen LogP contribution < -0.4 is 0 Å². The zero-order valence-corrected chi connectivity index (χ0v) is 17.4. The molecule has 1 atom stereocenters. The van der Waals surface area contributed by atoms with E-state index in [9.17, 15) is 4.79 Å². The van der Waals surface area contributed by atoms with Crippen LogP contribution in [0.1, 0.15) is 29.5 Å². The summed E-state index contributed by atoms with van der Waals surface area (Å²) < 4.78 is 7.54. The Hall–Kier alpha value is -3.54. The molecule has 6 nitrogen and oxygen atoms in total. The Bertz CT molecular complexity index is 1060. The summed E-state index contributed by atoms with van der Waals surface area (Å²) in [6, 6.07) is 20.4. The van der Waals surface area contributed by atoms with E-state index >= 15 is 0 Å². The number of ether oxygens (including phenoxy) is 1. The van der Waals surface area contributed by atoms with Crippen molar-refractivity contribution in [2.24, 2.45) is 0 Å². The standard InChI is InChI=1S/C25H26N4O2/c30-25(31-19-21-10-5-2-6-11-21)27-17-23-12-7-13-29(23)24(18-27)22-14-26-28(16-22)15-20-8-3-1-4-9-20/h1-6,8-11,14,16,18,23H,7,12-13,15,17,19H2. The van der Waals surface area contributed by atoms with E-state index in [1.807, 2.05) is 65.6 Å². The molecule has 0 bridgehead atoms. The van der Waals surface area contributed by atoms with E-state index in [4.69, 9.17) is 4.74 Å². The highest BCUT2D eigenvalue weighted by Crippen LogP contribution is 2.33. The van der Waals surface area contributed by atoms with Gasteiger partial charge in [-0.3, -0.25) is 9.58 Å². The summed E-state index contributed by atoms with van der Waals surface area (Å²) in [6.07, 6.45) is 7.80. The van der Waals surface area contributed by atoms with E-state index in [0.717, 1.165) is 42.8 Å². The molecule has 6 heteroatoms. The van der Waals surface area contributed by atoms with Crippen LogP contribution in [-0.4, -0.2) is 44.8 Å². The molecular weight excluding hydrogens is 388 g/mol. The molecule has 1 unspecified atom stereocenters. The van der Waals surface area contributed by atoms with E-state index in [1.54, 1.807) is 4.90 Å². The molecule has 1 aromatic heterocycles. The van der Waals surface area contributed by atoms with Crippen LogP contribution in [0.5, 0.6) is 0 Å². The number of rotatable bonds is 5. The summed E-state index contributed by atoms with van der Waals surface area (Å²) in [6.45, 7) is 2.67. The second-order valence-corrected chi connectivity index (χ2v) is 8.11. The van der Waals surface area contributed by atoms with Crippen molar-refractivity contribution in [3.05, 3.63) is 95.9 Å². The van der Waals surface area contributed by atoms with Gasteiger partial charge in [-0.25, -0.2) is 4.79 Å². The molecule has 2 aliphatic rings. The summed E-state index contributed by atoms with van der Waals surface area (Å²) in [5.74, 6) is 0. The Labute approximate surface area is 182 Å². The number of carbonyl (C=O) groups is 1. The average Bonchev–Trinajstić information content (AvgIpc) is 3.48. The van der Waals surface area contributed by atoms with Crippen LogP contribution in [0.3, 0.4) is 0 Å². The Kier molecular flexibility index (Phi) is 5.44. The van der Waals surface area contributed by atoms with Gasteiger partial charge < -0.3 is 9.64 Å². The van der Waals surface area contributed by atoms with E-state index < -0.39 is 0 Å². The number of nitrogens with zero attached hydrogens (tertiary/aromatic N) is 4. The molecule has 5 rings (SSSR count). The minimum Gasteiger partial charge on any atom is -0.444 e. The third kappa shape index (κ3) is 4.33. The van der Waals surface area contributed by atoms with Crippen molar-refractivity contribution in [2.75, 3.05) is 13.1 Å². The third-order valence-electron chi connectivity index (χ3n) is 5.93. The lowest BCUT2D eigenvalue weighted by Gasteiger charge is -2.37. The molecule has 2 aromatic carbocycles. The van der Waals surface area contributed by atoms with Crippen LogP contribution in [-0.2, 0) is 17.9 Å². The van der Waals surface area contributed by atoms with Gasteiger partial charge in [0.25, 0.3) is 0 Å². The number of benzene rings is 2. The molecule has 0 aliphatic carbocycles. The SMILES string of the molecule is O=C(OCc1ccccc1)N1C=C(c2cnn(Cc3ccccc3)c2)N2CCCC2C1. The molecule has 3 heterocycles. The lowest BCUT2D eigenvalue weighted by atomic mass is 10.1. The monoisotopic (exact) mass is 414 g/mol. The molecule has 0 spiro atoms. The predicted molar refractivity (Wildman–Crippen MR) is 119 cm³/mol. The van der Waals surface area contributed by atoms with Crippen LogP contribution in [0.4, 0.5) is 4.79 Å². The second kappa shape index (κ2) is 8.68. The molecule has 1 amide bonds. The first-order valence-corrected chi connectivity index (χ1v) is 10.8. The Morgan fingerprint density at radius 2 is 1.77 bits per heavy atom. The first-order chi connectivity index (χ1) is 15.3. The number of aromatic nitrogens is 2. The Balaban J connectivity index is 1.33. The summed E-state index contributed by atoms with van der Waals surface area (Å²) in [7, 11) is 0. The molecule has 2 aliphatic heterocycles. The van der Waals surface area contributed by atoms with Gasteiger partial charge in [-0.1, -0.05) is 60.7 Å². The van der Waals surface area contributed by atoms with Crippen LogP contribution in [0.25, 0.3) is 5.70 Å². The van der Waals surface area contributed by atoms with E-state index in [2.05, 4.69) is 28.3 Å². The fourth-order valence-electron chi connectivity index (χ4n) is 4.37. The molecular formula is C25H26N4O2. The molecule has 3 aromatic rings. The highest BCUT2D eigenvalue weighted by Gasteiger charge is 2.35. The zero-order valence-electron chi connectivity index (χ0n) is 17.4. The van der Waals surface area contributed by atoms with Crippen molar-refractivity contribution in [3.8, 4) is 0 Å². The molecule has 31 heavy (non-hydrogen) atoms. The minimum absolute atomic E-state index is 0.280. The smallest absolute Gasteiger partial charge is 0.414 e. The molecule has 1 fully saturated rings. The van der Waals surface area contributed by atoms with Crippen molar-refractivity contribution in [1.82, 2.24) is 19.6 Å². The van der Waals surface area contributed by atoms with Crippen molar-refractivity contribution in [3.63, 3.8) is 0 Å². The van der Waals surface area contributed by atoms with Crippen molar-refractivity contribution in [1.29, 1.82) is 0 Å². The molecule has 0 saturated carbocycles. The van der Waals surface area contributed by atoms with Gasteiger partial charge in [0.15, 0.2) is 0 Å². The van der Waals surface area contributed by atoms with E-state index in [-0.39, 0.29) is 12.7 Å². The van der Waals surface area contributed by atoms with Gasteiger partial charge in [0.1, 0.15) is 6.61 Å². The molecule has 158 valence electrons. The van der Waals surface area contributed by atoms with Crippen LogP contribution in [0.15, 0.2) is 79.3 Å². The van der Waals surface area contributed by atoms with Gasteiger partial charge in [-0.2, -0.15) is 5.10 Å². The fraction of sp³-hybridized carbons (Fsp3) is 0.280. The lowest BCUT2D eigenvalue weighted by Crippen LogP contribution is -2.44. The van der Waals surface area contributed by atoms with E-state index in [1.165, 1.54) is 5.56 Å². The Morgan fingerprint density at radius 3 is 2.55 bits per heavy atom. The number of carbonyl (C=O) groups excluding carboxylic acids is 1. The van der Waals surface area contributed by atoms with Crippen molar-refractivity contribution >= 4 is 11.8 Å². The zero-order chi connectivity index (χ0) is 21.0. The predicted octanol–water partition coefficient (Wildman–Crippen LogP) is 4.35. The van der Waals surface area contributed by atoms with Gasteiger partial charge >= 0.3 is 6.09 Å². The van der Waals surface area contributed by atoms with Gasteiger partial charge in [-0.05, 0) is 24.0 Å². The first-order valence-electron chi connectivity index (χ1n) is 10.8. The maximum atomic E-state index is 12.8. The van der Waals surface area contributed by atoms with Gasteiger partial charge in [0.2, 0.25) is 0 Å². The molecule has 1 saturated heterocycles. The third-order valence-corrected chi connectivity index (χ3v) is 5.93. The largest absolute Gasteiger partial charge is 0.444 e. The number of fused-ring (bicyclic) bond motifs is 1. The number of amides is 1. The Morgan fingerprint density at radius 1 is 1.03 bits per heavy atom. The summed E-state index contributed by atoms with van der Waals surface area (Å²) in [5.41, 5.74) is 4.27. The maximum Gasteiger partial charge on any atom is 0.414 e. The molecule has 0 radical (unpaired) electrons. The van der Waals surface area contributed by atoms with E-state index in [0.29, 0.717) is 12.6 Å². The average molecular weight is 415 g/mol. The lowest BCUT2D eigenvalue weighted by molar-refractivity contribution is 0.101. The number of hydrogen-bond acceptors (Lipinski definition) is 4. The van der Waals surface area contributed by atoms with Gasteiger partial charge in [0, 0.05) is 37.1 Å². The van der Waals surface area contributed by atoms with Crippen molar-refractivity contribution in [2.45, 2.75) is 32.0 Å².